The van der Waals surface area contributed by atoms with Gasteiger partial charge in [0.1, 0.15) is 0 Å². The van der Waals surface area contributed by atoms with Crippen LogP contribution in [0, 0.1) is 6.92 Å². The SMILES string of the molecule is Cc1c[nH]c(=O)cc1-c1cc(Cl)cc(Cl)c1. The minimum Gasteiger partial charge on any atom is -0.329 e. The van der Waals surface area contributed by atoms with E-state index in [2.05, 4.69) is 4.98 Å². The van der Waals surface area contributed by atoms with Crippen LogP contribution in [0.15, 0.2) is 35.3 Å². The van der Waals surface area contributed by atoms with Crippen LogP contribution in [-0.2, 0) is 0 Å². The molecule has 0 radical (unpaired) electrons. The molecule has 4 heteroatoms. The molecule has 82 valence electrons. The third-order valence-electron chi connectivity index (χ3n) is 2.30. The van der Waals surface area contributed by atoms with E-state index in [0.29, 0.717) is 10.0 Å². The molecule has 16 heavy (non-hydrogen) atoms. The number of pyridine rings is 1. The molecule has 0 atom stereocenters. The molecule has 0 aliphatic rings. The van der Waals surface area contributed by atoms with E-state index < -0.39 is 0 Å². The highest BCUT2D eigenvalue weighted by Gasteiger charge is 2.05. The molecule has 2 rings (SSSR count). The third-order valence-corrected chi connectivity index (χ3v) is 2.74. The Kier molecular flexibility index (Phi) is 3.03. The Morgan fingerprint density at radius 2 is 1.69 bits per heavy atom. The largest absolute Gasteiger partial charge is 0.329 e. The highest BCUT2D eigenvalue weighted by Crippen LogP contribution is 2.28. The van der Waals surface area contributed by atoms with Gasteiger partial charge in [-0.2, -0.15) is 0 Å². The van der Waals surface area contributed by atoms with E-state index in [-0.39, 0.29) is 5.56 Å². The van der Waals surface area contributed by atoms with Gasteiger partial charge in [0.2, 0.25) is 5.56 Å². The summed E-state index contributed by atoms with van der Waals surface area (Å²) in [5.41, 5.74) is 2.52. The zero-order chi connectivity index (χ0) is 11.7. The number of aromatic nitrogens is 1. The summed E-state index contributed by atoms with van der Waals surface area (Å²) in [6, 6.07) is 6.77. The van der Waals surface area contributed by atoms with Gasteiger partial charge in [0.15, 0.2) is 0 Å². The Hall–Kier alpha value is -1.25. The maximum atomic E-state index is 11.3. The monoisotopic (exact) mass is 253 g/mol. The van der Waals surface area contributed by atoms with E-state index in [9.17, 15) is 4.79 Å². The summed E-state index contributed by atoms with van der Waals surface area (Å²) in [7, 11) is 0. The fourth-order valence-electron chi connectivity index (χ4n) is 1.56. The number of nitrogens with one attached hydrogen (secondary N) is 1. The number of aryl methyl sites for hydroxylation is 1. The number of rotatable bonds is 1. The molecule has 0 amide bonds. The molecule has 1 heterocycles. The Morgan fingerprint density at radius 1 is 1.06 bits per heavy atom. The minimum atomic E-state index is -0.142. The number of H-pyrrole nitrogens is 1. The molecule has 0 saturated heterocycles. The molecular formula is C12H9Cl2NO. The Labute approximate surface area is 103 Å². The standard InChI is InChI=1S/C12H9Cl2NO/c1-7-6-15-12(16)5-11(7)8-2-9(13)4-10(14)3-8/h2-6H,1H3,(H,15,16). The smallest absolute Gasteiger partial charge is 0.248 e. The van der Waals surface area contributed by atoms with Gasteiger partial charge in [0.05, 0.1) is 0 Å². The van der Waals surface area contributed by atoms with Gasteiger partial charge in [0.25, 0.3) is 0 Å². The summed E-state index contributed by atoms with van der Waals surface area (Å²) >= 11 is 11.8. The van der Waals surface area contributed by atoms with Crippen LogP contribution in [-0.4, -0.2) is 4.98 Å². The lowest BCUT2D eigenvalue weighted by Crippen LogP contribution is -2.04. The van der Waals surface area contributed by atoms with Gasteiger partial charge in [-0.05, 0) is 41.8 Å². The molecule has 0 spiro atoms. The first-order chi connectivity index (χ1) is 7.56. The number of hydrogen-bond acceptors (Lipinski definition) is 1. The van der Waals surface area contributed by atoms with E-state index in [4.69, 9.17) is 23.2 Å². The highest BCUT2D eigenvalue weighted by molar-refractivity contribution is 6.35. The maximum absolute atomic E-state index is 11.3. The molecule has 1 aromatic carbocycles. The molecule has 0 unspecified atom stereocenters. The van der Waals surface area contributed by atoms with Crippen molar-refractivity contribution in [1.82, 2.24) is 4.98 Å². The molecule has 0 aliphatic heterocycles. The van der Waals surface area contributed by atoms with Crippen molar-refractivity contribution in [3.05, 3.63) is 56.4 Å². The van der Waals surface area contributed by atoms with Crippen molar-refractivity contribution < 1.29 is 0 Å². The van der Waals surface area contributed by atoms with Crippen LogP contribution in [0.5, 0.6) is 0 Å². The van der Waals surface area contributed by atoms with Gasteiger partial charge in [0, 0.05) is 22.3 Å². The van der Waals surface area contributed by atoms with Gasteiger partial charge >= 0.3 is 0 Å². The second kappa shape index (κ2) is 4.32. The summed E-state index contributed by atoms with van der Waals surface area (Å²) in [6.45, 7) is 1.92. The summed E-state index contributed by atoms with van der Waals surface area (Å²) in [5, 5.41) is 1.12. The van der Waals surface area contributed by atoms with Crippen molar-refractivity contribution in [2.45, 2.75) is 6.92 Å². The van der Waals surface area contributed by atoms with Crippen LogP contribution in [0.3, 0.4) is 0 Å². The van der Waals surface area contributed by atoms with Gasteiger partial charge in [-0.1, -0.05) is 23.2 Å². The molecule has 1 N–H and O–H groups in total. The maximum Gasteiger partial charge on any atom is 0.248 e. The van der Waals surface area contributed by atoms with Gasteiger partial charge in [-0.15, -0.1) is 0 Å². The molecule has 0 saturated carbocycles. The molecule has 0 aliphatic carbocycles. The van der Waals surface area contributed by atoms with Crippen LogP contribution < -0.4 is 5.56 Å². The predicted molar refractivity (Wildman–Crippen MR) is 67.3 cm³/mol. The first-order valence-electron chi connectivity index (χ1n) is 4.72. The van der Waals surface area contributed by atoms with Crippen molar-refractivity contribution >= 4 is 23.2 Å². The van der Waals surface area contributed by atoms with Crippen molar-refractivity contribution in [3.8, 4) is 11.1 Å². The predicted octanol–water partition coefficient (Wildman–Crippen LogP) is 3.66. The second-order valence-corrected chi connectivity index (χ2v) is 4.42. The van der Waals surface area contributed by atoms with Crippen LogP contribution in [0.25, 0.3) is 11.1 Å². The lowest BCUT2D eigenvalue weighted by molar-refractivity contribution is 1.20. The van der Waals surface area contributed by atoms with Crippen LogP contribution >= 0.6 is 23.2 Å². The van der Waals surface area contributed by atoms with E-state index in [1.165, 1.54) is 6.07 Å². The van der Waals surface area contributed by atoms with E-state index >= 15 is 0 Å². The third kappa shape index (κ3) is 2.29. The summed E-state index contributed by atoms with van der Waals surface area (Å²) in [6.07, 6.45) is 1.67. The van der Waals surface area contributed by atoms with Crippen LogP contribution in [0.2, 0.25) is 10.0 Å². The van der Waals surface area contributed by atoms with E-state index in [0.717, 1.165) is 16.7 Å². The number of halogens is 2. The lowest BCUT2D eigenvalue weighted by Gasteiger charge is -2.06. The van der Waals surface area contributed by atoms with E-state index in [1.54, 1.807) is 24.4 Å². The normalized spacial score (nSPS) is 10.4. The van der Waals surface area contributed by atoms with Crippen molar-refractivity contribution in [3.63, 3.8) is 0 Å². The second-order valence-electron chi connectivity index (χ2n) is 3.55. The molecule has 0 bridgehead atoms. The molecule has 1 aromatic heterocycles. The van der Waals surface area contributed by atoms with Crippen molar-refractivity contribution in [1.29, 1.82) is 0 Å². The fraction of sp³-hybridized carbons (Fsp3) is 0.0833. The molecule has 2 aromatic rings. The van der Waals surface area contributed by atoms with Crippen LogP contribution in [0.1, 0.15) is 5.56 Å². The summed E-state index contributed by atoms with van der Waals surface area (Å²) in [4.78, 5) is 13.9. The Balaban J connectivity index is 2.66. The Bertz CT molecular complexity index is 570. The Morgan fingerprint density at radius 3 is 2.31 bits per heavy atom. The zero-order valence-electron chi connectivity index (χ0n) is 8.55. The summed E-state index contributed by atoms with van der Waals surface area (Å²) < 4.78 is 0. The van der Waals surface area contributed by atoms with Crippen molar-refractivity contribution in [2.24, 2.45) is 0 Å². The van der Waals surface area contributed by atoms with Crippen LogP contribution in [0.4, 0.5) is 0 Å². The lowest BCUT2D eigenvalue weighted by atomic mass is 10.0. The number of aromatic amines is 1. The van der Waals surface area contributed by atoms with Gasteiger partial charge in [-0.25, -0.2) is 0 Å². The molecular weight excluding hydrogens is 245 g/mol. The fourth-order valence-corrected chi connectivity index (χ4v) is 2.09. The first kappa shape index (κ1) is 11.2. The average Bonchev–Trinajstić information content (AvgIpc) is 2.20. The van der Waals surface area contributed by atoms with Gasteiger partial charge < -0.3 is 4.98 Å². The number of hydrogen-bond donors (Lipinski definition) is 1. The summed E-state index contributed by atoms with van der Waals surface area (Å²) in [5.74, 6) is 0. The zero-order valence-corrected chi connectivity index (χ0v) is 10.1. The van der Waals surface area contributed by atoms with Gasteiger partial charge in [-0.3, -0.25) is 4.79 Å². The first-order valence-corrected chi connectivity index (χ1v) is 5.47. The quantitative estimate of drug-likeness (QED) is 0.827. The number of benzene rings is 1. The topological polar surface area (TPSA) is 32.9 Å². The minimum absolute atomic E-state index is 0.142. The van der Waals surface area contributed by atoms with Crippen molar-refractivity contribution in [2.75, 3.05) is 0 Å². The average molecular weight is 254 g/mol. The molecule has 0 fully saturated rings. The highest BCUT2D eigenvalue weighted by atomic mass is 35.5. The van der Waals surface area contributed by atoms with E-state index in [1.807, 2.05) is 6.92 Å². The molecule has 2 nitrogen and oxygen atoms in total.